The zero-order valence-corrected chi connectivity index (χ0v) is 22.8. The summed E-state index contributed by atoms with van der Waals surface area (Å²) in [6, 6.07) is -0.547. The normalized spacial score (nSPS) is 13.8. The molecule has 0 bridgehead atoms. The molecule has 0 spiro atoms. The molecule has 5 nitrogen and oxygen atoms in total. The Morgan fingerprint density at radius 3 is 1.38 bits per heavy atom. The van der Waals surface area contributed by atoms with Crippen LogP contribution in [0, 0.1) is 0 Å². The molecule has 0 saturated heterocycles. The average Bonchev–Trinajstić information content (AvgIpc) is 2.77. The van der Waals surface area contributed by atoms with Crippen molar-refractivity contribution in [1.29, 1.82) is 0 Å². The highest BCUT2D eigenvalue weighted by Crippen LogP contribution is 2.22. The van der Waals surface area contributed by atoms with Gasteiger partial charge in [0.05, 0.1) is 11.6 Å². The highest BCUT2D eigenvalue weighted by Gasteiger charge is 2.24. The average molecular weight is 480 g/mol. The van der Waals surface area contributed by atoms with Crippen LogP contribution < -0.4 is 0 Å². The van der Waals surface area contributed by atoms with E-state index in [0.29, 0.717) is 5.57 Å². The van der Waals surface area contributed by atoms with E-state index in [4.69, 9.17) is 0 Å². The van der Waals surface area contributed by atoms with E-state index in [9.17, 15) is 19.8 Å². The van der Waals surface area contributed by atoms with Crippen molar-refractivity contribution in [2.24, 2.45) is 0 Å². The topological polar surface area (TPSA) is 77.8 Å². The minimum absolute atomic E-state index is 0.160. The van der Waals surface area contributed by atoms with E-state index < -0.39 is 18.0 Å². The van der Waals surface area contributed by atoms with Crippen molar-refractivity contribution in [3.05, 3.63) is 22.8 Å². The Kier molecular flexibility index (Phi) is 19.7. The van der Waals surface area contributed by atoms with Gasteiger partial charge in [-0.1, -0.05) is 115 Å². The van der Waals surface area contributed by atoms with Gasteiger partial charge in [-0.05, 0) is 40.8 Å². The van der Waals surface area contributed by atoms with Gasteiger partial charge in [0.15, 0.2) is 0 Å². The second-order valence-corrected chi connectivity index (χ2v) is 10.1. The third kappa shape index (κ3) is 16.1. The minimum Gasteiger partial charge on any atom is -0.478 e. The zero-order valence-electron chi connectivity index (χ0n) is 22.8. The number of hydrogen-bond donors (Lipinski definition) is 2. The van der Waals surface area contributed by atoms with Gasteiger partial charge < -0.3 is 10.2 Å². The Balaban J connectivity index is 4.12. The Morgan fingerprint density at radius 2 is 1.06 bits per heavy atom. The second kappa shape index (κ2) is 20.7. The molecule has 0 rings (SSSR count). The molecule has 0 radical (unpaired) electrons. The fraction of sp³-hybridized carbons (Fsp3) is 0.793. The molecule has 0 aromatic carbocycles. The van der Waals surface area contributed by atoms with E-state index in [1.807, 2.05) is 6.92 Å². The van der Waals surface area contributed by atoms with Gasteiger partial charge >= 0.3 is 11.9 Å². The van der Waals surface area contributed by atoms with Gasteiger partial charge in [-0.2, -0.15) is 0 Å². The van der Waals surface area contributed by atoms with Crippen molar-refractivity contribution in [2.75, 3.05) is 14.1 Å². The Bertz CT molecular complexity index is 622. The molecule has 0 aromatic rings. The second-order valence-electron chi connectivity index (χ2n) is 10.1. The van der Waals surface area contributed by atoms with E-state index in [0.717, 1.165) is 24.8 Å². The van der Waals surface area contributed by atoms with Gasteiger partial charge in [-0.3, -0.25) is 4.90 Å². The van der Waals surface area contributed by atoms with Crippen LogP contribution in [0.25, 0.3) is 0 Å². The molecule has 198 valence electrons. The largest absolute Gasteiger partial charge is 0.478 e. The monoisotopic (exact) mass is 479 g/mol. The smallest absolute Gasteiger partial charge is 0.333 e. The van der Waals surface area contributed by atoms with Crippen LogP contribution in [0.3, 0.4) is 0 Å². The number of likely N-dealkylation sites (N-methyl/N-ethyl adjacent to an activating group) is 1. The fourth-order valence-electron chi connectivity index (χ4n) is 4.43. The van der Waals surface area contributed by atoms with Crippen LogP contribution in [0.15, 0.2) is 22.8 Å². The number of carboxylic acids is 2. The lowest BCUT2D eigenvalue weighted by atomic mass is 9.95. The third-order valence-corrected chi connectivity index (χ3v) is 6.69. The molecule has 0 fully saturated rings. The minimum atomic E-state index is -1.02. The van der Waals surface area contributed by atoms with Gasteiger partial charge in [0.25, 0.3) is 0 Å². The summed E-state index contributed by atoms with van der Waals surface area (Å²) in [5.41, 5.74) is 1.30. The molecule has 0 saturated carbocycles. The third-order valence-electron chi connectivity index (χ3n) is 6.69. The molecule has 2 N–H and O–H groups in total. The molecular weight excluding hydrogens is 426 g/mol. The summed E-state index contributed by atoms with van der Waals surface area (Å²) in [7, 11) is 3.56. The summed E-state index contributed by atoms with van der Waals surface area (Å²) >= 11 is 0. The molecule has 0 aliphatic carbocycles. The van der Waals surface area contributed by atoms with Crippen molar-refractivity contribution < 1.29 is 19.8 Å². The number of allylic oxidation sites excluding steroid dienone is 1. The van der Waals surface area contributed by atoms with E-state index >= 15 is 0 Å². The molecule has 0 aliphatic heterocycles. The molecule has 0 amide bonds. The molecule has 0 heterocycles. The fourth-order valence-corrected chi connectivity index (χ4v) is 4.43. The van der Waals surface area contributed by atoms with Crippen LogP contribution in [-0.4, -0.2) is 47.2 Å². The van der Waals surface area contributed by atoms with Crippen LogP contribution in [0.2, 0.25) is 0 Å². The molecule has 1 atom stereocenters. The molecule has 5 heteroatoms. The maximum Gasteiger partial charge on any atom is 0.333 e. The summed E-state index contributed by atoms with van der Waals surface area (Å²) in [4.78, 5) is 24.9. The summed E-state index contributed by atoms with van der Waals surface area (Å²) in [6.45, 7) is 5.64. The first-order valence-corrected chi connectivity index (χ1v) is 13.7. The number of carbonyl (C=O) groups is 2. The first kappa shape index (κ1) is 32.4. The first-order valence-electron chi connectivity index (χ1n) is 13.7. The van der Waals surface area contributed by atoms with Crippen molar-refractivity contribution in [1.82, 2.24) is 4.90 Å². The molecule has 34 heavy (non-hydrogen) atoms. The lowest BCUT2D eigenvalue weighted by Crippen LogP contribution is -2.33. The summed E-state index contributed by atoms with van der Waals surface area (Å²) in [5, 5.41) is 19.0. The van der Waals surface area contributed by atoms with Gasteiger partial charge in [-0.15, -0.1) is 0 Å². The number of aliphatic carboxylic acids is 2. The van der Waals surface area contributed by atoms with Crippen molar-refractivity contribution in [2.45, 2.75) is 136 Å². The predicted octanol–water partition coefficient (Wildman–Crippen LogP) is 8.00. The highest BCUT2D eigenvalue weighted by atomic mass is 16.4. The molecule has 0 aromatic heterocycles. The van der Waals surface area contributed by atoms with Crippen LogP contribution in [0.1, 0.15) is 130 Å². The Labute approximate surface area is 209 Å². The number of unbranched alkanes of at least 4 members (excludes halogenated alkanes) is 15. The van der Waals surface area contributed by atoms with E-state index in [1.54, 1.807) is 19.0 Å². The first-order chi connectivity index (χ1) is 16.2. The summed E-state index contributed by atoms with van der Waals surface area (Å²) in [5.74, 6) is -1.99. The van der Waals surface area contributed by atoms with Gasteiger partial charge in [0.1, 0.15) is 0 Å². The van der Waals surface area contributed by atoms with Gasteiger partial charge in [0.2, 0.25) is 0 Å². The van der Waals surface area contributed by atoms with E-state index in [2.05, 4.69) is 6.92 Å². The van der Waals surface area contributed by atoms with Crippen molar-refractivity contribution >= 4 is 11.9 Å². The maximum atomic E-state index is 11.9. The van der Waals surface area contributed by atoms with Crippen LogP contribution in [0.4, 0.5) is 0 Å². The Morgan fingerprint density at radius 1 is 0.676 bits per heavy atom. The predicted molar refractivity (Wildman–Crippen MR) is 143 cm³/mol. The van der Waals surface area contributed by atoms with E-state index in [1.165, 1.54) is 103 Å². The standard InChI is InChI=1S/C29H53NO4/c1-6-7-8-9-10-11-12-13-14-15-16-17-18-19-20-21-22-24(2)27(29(33)34)26(30(4)5)23-25(3)28(31)32/h23,26H,6-22H2,1-5H3,(H,31,32)(H,33,34). The van der Waals surface area contributed by atoms with Gasteiger partial charge in [-0.25, -0.2) is 9.59 Å². The number of carboxylic acid groups (broad SMARTS) is 2. The van der Waals surface area contributed by atoms with Gasteiger partial charge in [0, 0.05) is 5.57 Å². The Hall–Kier alpha value is -1.62. The summed E-state index contributed by atoms with van der Waals surface area (Å²) < 4.78 is 0. The lowest BCUT2D eigenvalue weighted by Gasteiger charge is -2.24. The maximum absolute atomic E-state index is 11.9. The van der Waals surface area contributed by atoms with Crippen LogP contribution in [-0.2, 0) is 9.59 Å². The zero-order chi connectivity index (χ0) is 25.8. The quantitative estimate of drug-likeness (QED) is 0.121. The lowest BCUT2D eigenvalue weighted by molar-refractivity contribution is -0.134. The van der Waals surface area contributed by atoms with Crippen LogP contribution in [0.5, 0.6) is 0 Å². The molecule has 0 aliphatic rings. The number of nitrogens with zero attached hydrogens (tertiary/aromatic N) is 1. The number of hydrogen-bond acceptors (Lipinski definition) is 3. The van der Waals surface area contributed by atoms with E-state index in [-0.39, 0.29) is 5.57 Å². The van der Waals surface area contributed by atoms with Crippen molar-refractivity contribution in [3.63, 3.8) is 0 Å². The molecule has 1 unspecified atom stereocenters. The van der Waals surface area contributed by atoms with Crippen LogP contribution >= 0.6 is 0 Å². The highest BCUT2D eigenvalue weighted by molar-refractivity contribution is 5.91. The SMILES string of the molecule is CCCCCCCCCCCCCCCCCCC(C)=C(C(=O)O)C(C=C(C)C(=O)O)N(C)C. The molecular formula is C29H53NO4. The number of rotatable bonds is 22. The summed E-state index contributed by atoms with van der Waals surface area (Å²) in [6.07, 6.45) is 23.3. The van der Waals surface area contributed by atoms with Crippen molar-refractivity contribution in [3.8, 4) is 0 Å².